The van der Waals surface area contributed by atoms with Gasteiger partial charge in [-0.3, -0.25) is 0 Å². The van der Waals surface area contributed by atoms with Gasteiger partial charge in [-0.2, -0.15) is 0 Å². The van der Waals surface area contributed by atoms with E-state index in [4.69, 9.17) is 4.74 Å². The summed E-state index contributed by atoms with van der Waals surface area (Å²) in [4.78, 5) is 0. The Morgan fingerprint density at radius 3 is 2.25 bits per heavy atom. The molecule has 0 spiro atoms. The number of hydrogen-bond acceptors (Lipinski definition) is 1. The van der Waals surface area contributed by atoms with Crippen molar-refractivity contribution in [2.45, 2.75) is 19.8 Å². The van der Waals surface area contributed by atoms with Crippen LogP contribution in [0.5, 0.6) is 5.75 Å². The topological polar surface area (TPSA) is 9.23 Å². The molecule has 144 valence electrons. The second-order valence-electron chi connectivity index (χ2n) is 6.61. The molecule has 0 atom stereocenters. The molecule has 4 heteroatoms. The van der Waals surface area contributed by atoms with Gasteiger partial charge in [-0.15, -0.1) is 0 Å². The smallest absolute Gasteiger partial charge is 0.165 e. The molecular weight excluding hydrogens is 361 g/mol. The Morgan fingerprint density at radius 1 is 0.857 bits per heavy atom. The lowest BCUT2D eigenvalue weighted by Gasteiger charge is -2.09. The van der Waals surface area contributed by atoms with Crippen LogP contribution in [0, 0.1) is 24.4 Å². The van der Waals surface area contributed by atoms with Crippen molar-refractivity contribution in [2.75, 3.05) is 6.61 Å². The summed E-state index contributed by atoms with van der Waals surface area (Å²) in [5.74, 6) is -1.80. The number of hydrogen-bond donors (Lipinski definition) is 0. The van der Waals surface area contributed by atoms with Gasteiger partial charge < -0.3 is 4.74 Å². The molecule has 0 heterocycles. The third kappa shape index (κ3) is 4.45. The zero-order valence-electron chi connectivity index (χ0n) is 15.6. The van der Waals surface area contributed by atoms with Crippen LogP contribution in [0.15, 0.2) is 67.3 Å². The Bertz CT molecular complexity index is 978. The molecule has 0 unspecified atom stereocenters. The minimum Gasteiger partial charge on any atom is -0.486 e. The molecule has 0 aliphatic rings. The highest BCUT2D eigenvalue weighted by molar-refractivity contribution is 5.64. The molecule has 3 rings (SSSR count). The largest absolute Gasteiger partial charge is 0.486 e. The first-order valence-electron chi connectivity index (χ1n) is 9.05. The molecule has 0 N–H and O–H groups in total. The summed E-state index contributed by atoms with van der Waals surface area (Å²) in [5, 5.41) is 0. The predicted molar refractivity (Wildman–Crippen MR) is 106 cm³/mol. The first-order chi connectivity index (χ1) is 13.5. The van der Waals surface area contributed by atoms with E-state index in [0.29, 0.717) is 24.0 Å². The van der Waals surface area contributed by atoms with Gasteiger partial charge in [0.1, 0.15) is 6.61 Å². The van der Waals surface area contributed by atoms with E-state index in [0.717, 1.165) is 16.7 Å². The molecule has 0 saturated heterocycles. The van der Waals surface area contributed by atoms with E-state index < -0.39 is 17.5 Å². The Hall–Kier alpha value is -3.01. The maximum atomic E-state index is 14.1. The molecule has 0 saturated carbocycles. The highest BCUT2D eigenvalue weighted by atomic mass is 19.2. The van der Waals surface area contributed by atoms with Crippen LogP contribution < -0.4 is 4.74 Å². The lowest BCUT2D eigenvalue weighted by atomic mass is 9.99. The van der Waals surface area contributed by atoms with E-state index in [9.17, 15) is 13.2 Å². The zero-order chi connectivity index (χ0) is 20.1. The highest BCUT2D eigenvalue weighted by Gasteiger charge is 2.11. The zero-order valence-corrected chi connectivity index (χ0v) is 15.6. The Balaban J connectivity index is 1.69. The molecule has 0 aliphatic heterocycles. The van der Waals surface area contributed by atoms with Gasteiger partial charge in [-0.05, 0) is 59.7 Å². The van der Waals surface area contributed by atoms with E-state index >= 15 is 0 Å². The molecule has 0 radical (unpaired) electrons. The molecule has 1 nitrogen and oxygen atoms in total. The molecule has 0 aromatic heterocycles. The van der Waals surface area contributed by atoms with E-state index in [1.165, 1.54) is 6.07 Å². The van der Waals surface area contributed by atoms with Crippen LogP contribution in [0.1, 0.15) is 16.7 Å². The maximum absolute atomic E-state index is 14.1. The third-order valence-electron chi connectivity index (χ3n) is 4.61. The Kier molecular flexibility index (Phi) is 6.19. The molecule has 0 fully saturated rings. The lowest BCUT2D eigenvalue weighted by Crippen LogP contribution is -1.99. The van der Waals surface area contributed by atoms with E-state index in [2.05, 4.69) is 6.58 Å². The summed E-state index contributed by atoms with van der Waals surface area (Å²) < 4.78 is 47.0. The Morgan fingerprint density at radius 2 is 1.57 bits per heavy atom. The van der Waals surface area contributed by atoms with Crippen LogP contribution in [0.3, 0.4) is 0 Å². The van der Waals surface area contributed by atoms with Gasteiger partial charge in [0.15, 0.2) is 23.2 Å². The second-order valence-corrected chi connectivity index (χ2v) is 6.61. The van der Waals surface area contributed by atoms with Crippen LogP contribution >= 0.6 is 0 Å². The van der Waals surface area contributed by atoms with Gasteiger partial charge in [0.25, 0.3) is 0 Å². The van der Waals surface area contributed by atoms with E-state index in [-0.39, 0.29) is 12.4 Å². The van der Waals surface area contributed by atoms with Crippen LogP contribution in [-0.4, -0.2) is 6.61 Å². The van der Waals surface area contributed by atoms with Crippen LogP contribution in [0.4, 0.5) is 13.2 Å². The molecule has 3 aromatic rings. The summed E-state index contributed by atoms with van der Waals surface area (Å²) in [7, 11) is 0. The third-order valence-corrected chi connectivity index (χ3v) is 4.61. The number of aryl methyl sites for hydroxylation is 3. The van der Waals surface area contributed by atoms with Gasteiger partial charge in [0.2, 0.25) is 0 Å². The fourth-order valence-corrected chi connectivity index (χ4v) is 2.97. The van der Waals surface area contributed by atoms with Crippen molar-refractivity contribution < 1.29 is 17.9 Å². The second kappa shape index (κ2) is 8.79. The molecule has 0 amide bonds. The standard InChI is InChI=1S/C24H21F3O/c1-3-14-28-22-13-12-20(15-21(22)25)18-9-5-17(6-10-18)7-11-19-8-4-16(2)23(26)24(19)27/h3-6,8-10,12-13,15H,1,7,11,14H2,2H3. The fourth-order valence-electron chi connectivity index (χ4n) is 2.97. The average molecular weight is 382 g/mol. The van der Waals surface area contributed by atoms with Crippen molar-refractivity contribution in [1.29, 1.82) is 0 Å². The molecular formula is C24H21F3O. The van der Waals surface area contributed by atoms with Crippen molar-refractivity contribution >= 4 is 0 Å². The quantitative estimate of drug-likeness (QED) is 0.428. The van der Waals surface area contributed by atoms with Gasteiger partial charge in [-0.1, -0.05) is 55.1 Å². The molecule has 0 bridgehead atoms. The molecule has 0 aliphatic carbocycles. The van der Waals surface area contributed by atoms with Crippen LogP contribution in [0.25, 0.3) is 11.1 Å². The number of rotatable bonds is 7. The van der Waals surface area contributed by atoms with Gasteiger partial charge in [0.05, 0.1) is 0 Å². The van der Waals surface area contributed by atoms with Crippen LogP contribution in [-0.2, 0) is 12.8 Å². The van der Waals surface area contributed by atoms with E-state index in [1.54, 1.807) is 37.3 Å². The van der Waals surface area contributed by atoms with Gasteiger partial charge in [-0.25, -0.2) is 13.2 Å². The number of benzene rings is 3. The summed E-state index contributed by atoms with van der Waals surface area (Å²) in [6, 6.07) is 15.6. The lowest BCUT2D eigenvalue weighted by molar-refractivity contribution is 0.342. The number of halogens is 3. The SMILES string of the molecule is C=CCOc1ccc(-c2ccc(CCc3ccc(C)c(F)c3F)cc2)cc1F. The summed E-state index contributed by atoms with van der Waals surface area (Å²) >= 11 is 0. The minimum absolute atomic E-state index is 0.188. The summed E-state index contributed by atoms with van der Waals surface area (Å²) in [5.41, 5.74) is 3.27. The average Bonchev–Trinajstić information content (AvgIpc) is 2.71. The van der Waals surface area contributed by atoms with Gasteiger partial charge >= 0.3 is 0 Å². The highest BCUT2D eigenvalue weighted by Crippen LogP contribution is 2.26. The van der Waals surface area contributed by atoms with Crippen molar-refractivity contribution in [3.8, 4) is 16.9 Å². The first kappa shape index (κ1) is 19.7. The Labute approximate surface area is 163 Å². The summed E-state index contributed by atoms with van der Waals surface area (Å²) in [6.45, 7) is 5.33. The molecule has 3 aromatic carbocycles. The molecule has 28 heavy (non-hydrogen) atoms. The van der Waals surface area contributed by atoms with E-state index in [1.807, 2.05) is 24.3 Å². The van der Waals surface area contributed by atoms with Crippen molar-refractivity contribution in [3.63, 3.8) is 0 Å². The maximum Gasteiger partial charge on any atom is 0.165 e. The van der Waals surface area contributed by atoms with Crippen molar-refractivity contribution in [2.24, 2.45) is 0 Å². The normalized spacial score (nSPS) is 10.7. The number of ether oxygens (including phenoxy) is 1. The van der Waals surface area contributed by atoms with Gasteiger partial charge in [0, 0.05) is 0 Å². The summed E-state index contributed by atoms with van der Waals surface area (Å²) in [6.07, 6.45) is 2.55. The first-order valence-corrected chi connectivity index (χ1v) is 9.05. The van der Waals surface area contributed by atoms with Crippen LogP contribution in [0.2, 0.25) is 0 Å². The minimum atomic E-state index is -0.782. The van der Waals surface area contributed by atoms with Crippen molar-refractivity contribution in [1.82, 2.24) is 0 Å². The monoisotopic (exact) mass is 382 g/mol. The fraction of sp³-hybridized carbons (Fsp3) is 0.167. The predicted octanol–water partition coefficient (Wildman–Crippen LogP) is 6.43. The van der Waals surface area contributed by atoms with Crippen molar-refractivity contribution in [3.05, 3.63) is 101 Å².